The lowest BCUT2D eigenvalue weighted by Gasteiger charge is -2.26. The summed E-state index contributed by atoms with van der Waals surface area (Å²) >= 11 is 6.29. The summed E-state index contributed by atoms with van der Waals surface area (Å²) in [6, 6.07) is 4.25. The lowest BCUT2D eigenvalue weighted by molar-refractivity contribution is -0.124. The van der Waals surface area contributed by atoms with Crippen LogP contribution in [0.1, 0.15) is 38.2 Å². The largest absolute Gasteiger partial charge is 0.493 e. The summed E-state index contributed by atoms with van der Waals surface area (Å²) in [6.07, 6.45) is 3.82. The summed E-state index contributed by atoms with van der Waals surface area (Å²) in [5.41, 5.74) is 1.05. The van der Waals surface area contributed by atoms with Crippen molar-refractivity contribution in [2.75, 3.05) is 27.3 Å². The maximum Gasteiger partial charge on any atom is 0.220 e. The van der Waals surface area contributed by atoms with Crippen molar-refractivity contribution >= 4 is 17.5 Å². The highest BCUT2D eigenvalue weighted by atomic mass is 35.5. The van der Waals surface area contributed by atoms with E-state index in [9.17, 15) is 4.79 Å². The van der Waals surface area contributed by atoms with Crippen LogP contribution < -0.4 is 14.8 Å². The fourth-order valence-corrected chi connectivity index (χ4v) is 4.48. The van der Waals surface area contributed by atoms with E-state index in [-0.39, 0.29) is 5.91 Å². The van der Waals surface area contributed by atoms with E-state index >= 15 is 0 Å². The maximum absolute atomic E-state index is 11.7. The maximum atomic E-state index is 11.7. The van der Waals surface area contributed by atoms with Crippen LogP contribution in [0.25, 0.3) is 0 Å². The minimum absolute atomic E-state index is 0.199. The van der Waals surface area contributed by atoms with Crippen LogP contribution in [0, 0.1) is 11.8 Å². The van der Waals surface area contributed by atoms with Gasteiger partial charge in [-0.05, 0) is 44.2 Å². The van der Waals surface area contributed by atoms with Gasteiger partial charge in [0.15, 0.2) is 11.5 Å². The molecule has 144 valence electrons. The number of piperidine rings is 1. The average molecular weight is 381 g/mol. The van der Waals surface area contributed by atoms with Gasteiger partial charge in [-0.1, -0.05) is 18.5 Å². The molecule has 1 heterocycles. The van der Waals surface area contributed by atoms with Crippen molar-refractivity contribution in [2.24, 2.45) is 11.8 Å². The van der Waals surface area contributed by atoms with Crippen LogP contribution in [0.2, 0.25) is 5.02 Å². The van der Waals surface area contributed by atoms with Gasteiger partial charge in [0.2, 0.25) is 5.91 Å². The van der Waals surface area contributed by atoms with E-state index in [1.165, 1.54) is 0 Å². The second kappa shape index (κ2) is 8.49. The number of halogens is 1. The van der Waals surface area contributed by atoms with Crippen LogP contribution in [0.5, 0.6) is 11.5 Å². The summed E-state index contributed by atoms with van der Waals surface area (Å²) in [6.45, 7) is 4.31. The monoisotopic (exact) mass is 380 g/mol. The Bertz CT molecular complexity index is 652. The number of benzene rings is 1. The number of carbonyl (C=O) groups is 1. The highest BCUT2D eigenvalue weighted by Crippen LogP contribution is 2.40. The molecule has 1 saturated heterocycles. The molecule has 26 heavy (non-hydrogen) atoms. The van der Waals surface area contributed by atoms with Crippen molar-refractivity contribution in [1.29, 1.82) is 0 Å². The molecule has 6 heteroatoms. The third kappa shape index (κ3) is 4.26. The van der Waals surface area contributed by atoms with Gasteiger partial charge in [0.1, 0.15) is 0 Å². The number of hydrogen-bond acceptors (Lipinski definition) is 4. The highest BCUT2D eigenvalue weighted by Gasteiger charge is 2.39. The summed E-state index contributed by atoms with van der Waals surface area (Å²) in [5.74, 6) is 2.79. The van der Waals surface area contributed by atoms with E-state index in [0.717, 1.165) is 43.7 Å². The summed E-state index contributed by atoms with van der Waals surface area (Å²) in [5, 5.41) is 3.66. The van der Waals surface area contributed by atoms with Gasteiger partial charge in [-0.15, -0.1) is 0 Å². The molecule has 0 unspecified atom stereocenters. The molecular formula is C20H29ClN2O3. The quantitative estimate of drug-likeness (QED) is 0.786. The predicted molar refractivity (Wildman–Crippen MR) is 103 cm³/mol. The Labute approximate surface area is 161 Å². The third-order valence-corrected chi connectivity index (χ3v) is 5.85. The van der Waals surface area contributed by atoms with Crippen LogP contribution >= 0.6 is 11.6 Å². The Morgan fingerprint density at radius 2 is 2.08 bits per heavy atom. The normalized spacial score (nSPS) is 25.1. The fourth-order valence-electron chi connectivity index (χ4n) is 4.25. The van der Waals surface area contributed by atoms with Gasteiger partial charge in [-0.2, -0.15) is 0 Å². The van der Waals surface area contributed by atoms with Crippen molar-refractivity contribution in [3.05, 3.63) is 22.7 Å². The fraction of sp³-hybridized carbons (Fsp3) is 0.650. The number of fused-ring (bicyclic) bond motifs is 1. The molecule has 1 aromatic carbocycles. The number of carbonyl (C=O) groups excluding carboxylic acids is 1. The van der Waals surface area contributed by atoms with Gasteiger partial charge in [0, 0.05) is 42.2 Å². The standard InChI is InChI=1S/C20H29ClN2O3/c1-4-5-26-20-15(6-16(21)10-18(20)25-3)12-23(2)17-7-13-9-19(24)22-11-14(13)8-17/h6,10,13-14,17H,4-5,7-9,11-12H2,1-3H3,(H,22,24)/t13-,14+,17-/m1/s1. The average Bonchev–Trinajstić information content (AvgIpc) is 3.03. The first-order chi connectivity index (χ1) is 12.5. The lowest BCUT2D eigenvalue weighted by atomic mass is 9.89. The van der Waals surface area contributed by atoms with E-state index < -0.39 is 0 Å². The van der Waals surface area contributed by atoms with E-state index in [1.54, 1.807) is 13.2 Å². The van der Waals surface area contributed by atoms with Gasteiger partial charge in [0.25, 0.3) is 0 Å². The second-order valence-electron chi connectivity index (χ2n) is 7.51. The molecule has 1 saturated carbocycles. The molecule has 1 N–H and O–H groups in total. The van der Waals surface area contributed by atoms with Crippen molar-refractivity contribution in [2.45, 2.75) is 45.2 Å². The number of nitrogens with one attached hydrogen (secondary N) is 1. The van der Waals surface area contributed by atoms with Gasteiger partial charge >= 0.3 is 0 Å². The Balaban J connectivity index is 1.73. The smallest absolute Gasteiger partial charge is 0.220 e. The molecule has 2 aliphatic rings. The molecule has 3 rings (SSSR count). The van der Waals surface area contributed by atoms with Gasteiger partial charge in [-0.3, -0.25) is 9.69 Å². The van der Waals surface area contributed by atoms with Gasteiger partial charge in [0.05, 0.1) is 13.7 Å². The van der Waals surface area contributed by atoms with Crippen LogP contribution in [-0.2, 0) is 11.3 Å². The van der Waals surface area contributed by atoms with Crippen molar-refractivity contribution in [3.8, 4) is 11.5 Å². The molecule has 1 aliphatic carbocycles. The van der Waals surface area contributed by atoms with E-state index in [1.807, 2.05) is 6.07 Å². The summed E-state index contributed by atoms with van der Waals surface area (Å²) < 4.78 is 11.5. The van der Waals surface area contributed by atoms with E-state index in [0.29, 0.717) is 41.7 Å². The zero-order chi connectivity index (χ0) is 18.7. The third-order valence-electron chi connectivity index (χ3n) is 5.64. The number of rotatable bonds is 7. The molecule has 0 aromatic heterocycles. The molecule has 0 bridgehead atoms. The topological polar surface area (TPSA) is 50.8 Å². The first-order valence-electron chi connectivity index (χ1n) is 9.48. The minimum Gasteiger partial charge on any atom is -0.493 e. The number of nitrogens with zero attached hydrogens (tertiary/aromatic N) is 1. The molecule has 0 radical (unpaired) electrons. The van der Waals surface area contributed by atoms with Gasteiger partial charge in [-0.25, -0.2) is 0 Å². The molecule has 0 spiro atoms. The number of ether oxygens (including phenoxy) is 2. The zero-order valence-corrected chi connectivity index (χ0v) is 16.6. The van der Waals surface area contributed by atoms with Crippen molar-refractivity contribution in [3.63, 3.8) is 0 Å². The first-order valence-corrected chi connectivity index (χ1v) is 9.85. The van der Waals surface area contributed by atoms with Crippen LogP contribution in [0.3, 0.4) is 0 Å². The highest BCUT2D eigenvalue weighted by molar-refractivity contribution is 6.30. The van der Waals surface area contributed by atoms with E-state index in [2.05, 4.69) is 24.2 Å². The molecule has 1 amide bonds. The van der Waals surface area contributed by atoms with Crippen molar-refractivity contribution < 1.29 is 14.3 Å². The number of methoxy groups -OCH3 is 1. The molecule has 1 aromatic rings. The predicted octanol–water partition coefficient (Wildman–Crippen LogP) is 3.48. The number of hydrogen-bond donors (Lipinski definition) is 1. The molecule has 3 atom stereocenters. The Morgan fingerprint density at radius 3 is 2.81 bits per heavy atom. The SMILES string of the molecule is CCCOc1c(CN(C)[C@H]2C[C@H]3CNC(=O)C[C@H]3C2)cc(Cl)cc1OC. The Morgan fingerprint density at radius 1 is 1.31 bits per heavy atom. The molecule has 2 fully saturated rings. The summed E-state index contributed by atoms with van der Waals surface area (Å²) in [7, 11) is 3.79. The first kappa shape index (κ1) is 19.3. The summed E-state index contributed by atoms with van der Waals surface area (Å²) in [4.78, 5) is 14.0. The van der Waals surface area contributed by atoms with Crippen LogP contribution in [0.15, 0.2) is 12.1 Å². The molecule has 1 aliphatic heterocycles. The van der Waals surface area contributed by atoms with Crippen LogP contribution in [-0.4, -0.2) is 44.2 Å². The molecule has 5 nitrogen and oxygen atoms in total. The number of amides is 1. The zero-order valence-electron chi connectivity index (χ0n) is 15.9. The Kier molecular flexibility index (Phi) is 6.30. The van der Waals surface area contributed by atoms with Crippen molar-refractivity contribution in [1.82, 2.24) is 10.2 Å². The lowest BCUT2D eigenvalue weighted by Crippen LogP contribution is -2.38. The van der Waals surface area contributed by atoms with E-state index in [4.69, 9.17) is 21.1 Å². The second-order valence-corrected chi connectivity index (χ2v) is 7.95. The van der Waals surface area contributed by atoms with Gasteiger partial charge < -0.3 is 14.8 Å². The molecular weight excluding hydrogens is 352 g/mol. The Hall–Kier alpha value is -1.46. The minimum atomic E-state index is 0.199. The van der Waals surface area contributed by atoms with Crippen LogP contribution in [0.4, 0.5) is 0 Å².